The maximum Gasteiger partial charge on any atom is 0.435 e. The second-order valence-corrected chi connectivity index (χ2v) is 7.13. The molecule has 0 atom stereocenters. The van der Waals surface area contributed by atoms with Crippen molar-refractivity contribution in [3.63, 3.8) is 0 Å². The van der Waals surface area contributed by atoms with Gasteiger partial charge < -0.3 is 5.32 Å². The van der Waals surface area contributed by atoms with Gasteiger partial charge in [-0.05, 0) is 42.0 Å². The van der Waals surface area contributed by atoms with Crippen molar-refractivity contribution in [3.05, 3.63) is 85.8 Å². The predicted molar refractivity (Wildman–Crippen MR) is 104 cm³/mol. The van der Waals surface area contributed by atoms with Crippen LogP contribution in [0.3, 0.4) is 0 Å². The molecule has 0 unspecified atom stereocenters. The maximum absolute atomic E-state index is 13.3. The van der Waals surface area contributed by atoms with Crippen LogP contribution in [0.15, 0.2) is 53.3 Å². The summed E-state index contributed by atoms with van der Waals surface area (Å²) in [5.74, 6) is -0.545. The first-order valence-electron chi connectivity index (χ1n) is 8.42. The molecule has 0 aliphatic carbocycles. The van der Waals surface area contributed by atoms with Crippen LogP contribution in [0.5, 0.6) is 0 Å². The van der Waals surface area contributed by atoms with Gasteiger partial charge in [-0.1, -0.05) is 35.3 Å². The van der Waals surface area contributed by atoms with E-state index in [4.69, 9.17) is 23.2 Å². The molecule has 0 aliphatic rings. The molecule has 0 fully saturated rings. The largest absolute Gasteiger partial charge is 0.435 e. The fourth-order valence-corrected chi connectivity index (χ4v) is 2.98. The van der Waals surface area contributed by atoms with Crippen LogP contribution in [0.4, 0.5) is 38.0 Å². The van der Waals surface area contributed by atoms with Gasteiger partial charge in [-0.3, -0.25) is 9.36 Å². The number of halogens is 8. The molecule has 0 radical (unpaired) electrons. The zero-order chi connectivity index (χ0) is 23.0. The Morgan fingerprint density at radius 3 is 1.97 bits per heavy atom. The molecule has 0 spiro atoms. The van der Waals surface area contributed by atoms with Gasteiger partial charge in [0, 0.05) is 10.7 Å². The van der Waals surface area contributed by atoms with E-state index in [0.717, 1.165) is 28.8 Å². The fourth-order valence-electron chi connectivity index (χ4n) is 2.61. The normalized spacial score (nSPS) is 12.1. The van der Waals surface area contributed by atoms with Gasteiger partial charge in [0.1, 0.15) is 5.02 Å². The number of alkyl halides is 6. The average Bonchev–Trinajstić information content (AvgIpc) is 2.67. The smallest absolute Gasteiger partial charge is 0.326 e. The summed E-state index contributed by atoms with van der Waals surface area (Å²) in [4.78, 5) is 16.0. The highest BCUT2D eigenvalue weighted by atomic mass is 35.5. The first-order valence-corrected chi connectivity index (χ1v) is 9.18. The fraction of sp³-hybridized carbons (Fsp3) is 0.158. The highest BCUT2D eigenvalue weighted by molar-refractivity contribution is 6.31. The summed E-state index contributed by atoms with van der Waals surface area (Å²) < 4.78 is 78.9. The molecule has 0 bridgehead atoms. The first kappa shape index (κ1) is 23.0. The third-order valence-corrected chi connectivity index (χ3v) is 4.70. The molecule has 1 N–H and O–H groups in total. The topological polar surface area (TPSA) is 46.9 Å². The average molecular weight is 482 g/mol. The van der Waals surface area contributed by atoms with Crippen LogP contribution in [0.25, 0.3) is 0 Å². The van der Waals surface area contributed by atoms with Gasteiger partial charge in [-0.2, -0.15) is 26.3 Å². The molecule has 0 saturated carbocycles. The summed E-state index contributed by atoms with van der Waals surface area (Å²) in [6.07, 6.45) is -9.61. The Labute approximate surface area is 181 Å². The number of hydrogen-bond donors (Lipinski definition) is 1. The summed E-state index contributed by atoms with van der Waals surface area (Å²) in [6, 6.07) is 9.61. The van der Waals surface area contributed by atoms with Crippen LogP contribution in [0.2, 0.25) is 10.0 Å². The van der Waals surface area contributed by atoms with E-state index < -0.39 is 40.1 Å². The second-order valence-electron chi connectivity index (χ2n) is 6.31. The Hall–Kier alpha value is -2.72. The molecule has 0 amide bonds. The summed E-state index contributed by atoms with van der Waals surface area (Å²) >= 11 is 11.4. The van der Waals surface area contributed by atoms with Crippen molar-refractivity contribution < 1.29 is 26.3 Å². The van der Waals surface area contributed by atoms with Crippen molar-refractivity contribution in [3.8, 4) is 0 Å². The Balaban J connectivity index is 2.08. The number of hydrogen-bond acceptors (Lipinski definition) is 3. The minimum absolute atomic E-state index is 0.0137. The maximum atomic E-state index is 13.3. The Kier molecular flexibility index (Phi) is 6.24. The number of rotatable bonds is 4. The van der Waals surface area contributed by atoms with Crippen LogP contribution in [-0.2, 0) is 18.9 Å². The van der Waals surface area contributed by atoms with Crippen molar-refractivity contribution in [2.75, 3.05) is 5.32 Å². The minimum Gasteiger partial charge on any atom is -0.326 e. The van der Waals surface area contributed by atoms with Crippen LogP contribution in [-0.4, -0.2) is 9.55 Å². The lowest BCUT2D eigenvalue weighted by Crippen LogP contribution is -2.29. The number of nitrogens with zero attached hydrogens (tertiary/aromatic N) is 2. The molecule has 0 aliphatic heterocycles. The van der Waals surface area contributed by atoms with Gasteiger partial charge in [-0.25, -0.2) is 4.98 Å². The Morgan fingerprint density at radius 1 is 0.871 bits per heavy atom. The summed E-state index contributed by atoms with van der Waals surface area (Å²) in [7, 11) is 0. The molecular formula is C19H11Cl2F6N3O. The van der Waals surface area contributed by atoms with Crippen LogP contribution in [0.1, 0.15) is 16.8 Å². The molecule has 1 heterocycles. The number of benzene rings is 2. The number of aromatic nitrogens is 2. The number of nitrogens with one attached hydrogen (secondary N) is 1. The third kappa shape index (κ3) is 5.31. The molecule has 3 rings (SSSR count). The Bertz CT molecular complexity index is 1140. The zero-order valence-corrected chi connectivity index (χ0v) is 16.7. The summed E-state index contributed by atoms with van der Waals surface area (Å²) in [5, 5.41) is 1.74. The van der Waals surface area contributed by atoms with Gasteiger partial charge in [0.05, 0.1) is 12.1 Å². The van der Waals surface area contributed by atoms with Gasteiger partial charge in [0.2, 0.25) is 5.95 Å². The lowest BCUT2D eigenvalue weighted by molar-refractivity contribution is -0.141. The van der Waals surface area contributed by atoms with Crippen molar-refractivity contribution in [1.29, 1.82) is 0 Å². The van der Waals surface area contributed by atoms with Crippen molar-refractivity contribution in [2.24, 2.45) is 0 Å². The summed E-state index contributed by atoms with van der Waals surface area (Å²) in [5.41, 5.74) is -3.24. The second kappa shape index (κ2) is 8.43. The SMILES string of the molecule is O=c1c(Cl)c(C(F)(F)F)nc(Nc2ccc(C(F)(F)F)cc2)n1Cc1ccc(Cl)cc1. The van der Waals surface area contributed by atoms with E-state index in [2.05, 4.69) is 10.3 Å². The molecule has 1 aromatic heterocycles. The van der Waals surface area contributed by atoms with Crippen LogP contribution in [0, 0.1) is 0 Å². The van der Waals surface area contributed by atoms with Gasteiger partial charge in [0.25, 0.3) is 5.56 Å². The lowest BCUT2D eigenvalue weighted by atomic mass is 10.2. The van der Waals surface area contributed by atoms with E-state index in [1.165, 1.54) is 12.1 Å². The number of anilines is 2. The summed E-state index contributed by atoms with van der Waals surface area (Å²) in [6.45, 7) is -0.218. The first-order chi connectivity index (χ1) is 14.4. The Morgan fingerprint density at radius 2 is 1.45 bits per heavy atom. The molecule has 12 heteroatoms. The van der Waals surface area contributed by atoms with Crippen LogP contribution < -0.4 is 10.9 Å². The van der Waals surface area contributed by atoms with E-state index in [1.54, 1.807) is 12.1 Å². The van der Waals surface area contributed by atoms with Gasteiger partial charge in [-0.15, -0.1) is 0 Å². The predicted octanol–water partition coefficient (Wildman–Crippen LogP) is 6.38. The van der Waals surface area contributed by atoms with Gasteiger partial charge >= 0.3 is 12.4 Å². The molecule has 4 nitrogen and oxygen atoms in total. The molecular weight excluding hydrogens is 471 g/mol. The molecule has 31 heavy (non-hydrogen) atoms. The van der Waals surface area contributed by atoms with Gasteiger partial charge in [0.15, 0.2) is 5.69 Å². The molecule has 164 valence electrons. The van der Waals surface area contributed by atoms with E-state index in [9.17, 15) is 31.1 Å². The van der Waals surface area contributed by atoms with E-state index >= 15 is 0 Å². The molecule has 0 saturated heterocycles. The van der Waals surface area contributed by atoms with Crippen molar-refractivity contribution >= 4 is 34.8 Å². The monoisotopic (exact) mass is 481 g/mol. The van der Waals surface area contributed by atoms with E-state index in [-0.39, 0.29) is 12.2 Å². The molecule has 3 aromatic rings. The quantitative estimate of drug-likeness (QED) is 0.439. The lowest BCUT2D eigenvalue weighted by Gasteiger charge is -2.17. The van der Waals surface area contributed by atoms with Crippen molar-refractivity contribution in [2.45, 2.75) is 18.9 Å². The standard InChI is InChI=1S/C19H11Cl2F6N3O/c20-12-5-1-10(2-6-12)9-30-16(31)14(21)15(19(25,26)27)29-17(30)28-13-7-3-11(4-8-13)18(22,23)24/h1-8H,9H2,(H,28,29). The third-order valence-electron chi connectivity index (χ3n) is 4.11. The van der Waals surface area contributed by atoms with E-state index in [1.807, 2.05) is 0 Å². The minimum atomic E-state index is -5.02. The van der Waals surface area contributed by atoms with Crippen LogP contribution >= 0.6 is 23.2 Å². The zero-order valence-electron chi connectivity index (χ0n) is 15.2. The molecule has 2 aromatic carbocycles. The van der Waals surface area contributed by atoms with Crippen molar-refractivity contribution in [1.82, 2.24) is 9.55 Å². The van der Waals surface area contributed by atoms with E-state index in [0.29, 0.717) is 10.6 Å². The highest BCUT2D eigenvalue weighted by Gasteiger charge is 2.38. The highest BCUT2D eigenvalue weighted by Crippen LogP contribution is 2.33.